The highest BCUT2D eigenvalue weighted by molar-refractivity contribution is 7.99. The van der Waals surface area contributed by atoms with E-state index in [2.05, 4.69) is 135 Å². The van der Waals surface area contributed by atoms with Crippen LogP contribution in [0.3, 0.4) is 0 Å². The zero-order valence-electron chi connectivity index (χ0n) is 22.5. The van der Waals surface area contributed by atoms with Gasteiger partial charge in [-0.2, -0.15) is 0 Å². The van der Waals surface area contributed by atoms with Crippen molar-refractivity contribution in [2.75, 3.05) is 39.7 Å². The molecule has 0 fully saturated rings. The Morgan fingerprint density at radius 1 is 0.833 bits per heavy atom. The quantitative estimate of drug-likeness (QED) is 0.122. The largest absolute Gasteiger partial charge is 1.00 e. The summed E-state index contributed by atoms with van der Waals surface area (Å²) in [5.41, 5.74) is 0. The molecule has 36 heavy (non-hydrogen) atoms. The number of hydrogen-bond acceptors (Lipinski definition) is 8. The molecule has 7 nitrogen and oxygen atoms in total. The molecule has 0 aliphatic carbocycles. The third kappa shape index (κ3) is 21.5. The predicted molar refractivity (Wildman–Crippen MR) is 151 cm³/mol. The second kappa shape index (κ2) is 29.4. The van der Waals surface area contributed by atoms with E-state index in [1.165, 1.54) is 0 Å². The maximum Gasteiger partial charge on any atom is 0.125 e. The average Bonchev–Trinajstić information content (AvgIpc) is 3.34. The van der Waals surface area contributed by atoms with Gasteiger partial charge in [0, 0.05) is 69.0 Å². The molecule has 0 bridgehead atoms. The summed E-state index contributed by atoms with van der Waals surface area (Å²) in [5.74, 6) is 13.4. The maximum absolute atomic E-state index is 5.00. The van der Waals surface area contributed by atoms with E-state index in [9.17, 15) is 0 Å². The molecule has 0 saturated heterocycles. The second-order valence-electron chi connectivity index (χ2n) is 6.60. The molecule has 0 radical (unpaired) electrons. The van der Waals surface area contributed by atoms with Crippen LogP contribution in [0, 0.1) is 34.9 Å². The summed E-state index contributed by atoms with van der Waals surface area (Å²) in [5, 5.41) is 6.70. The molecular weight excluding hydrogens is 519 g/mol. The van der Waals surface area contributed by atoms with Gasteiger partial charge >= 0.3 is 0 Å². The smallest absolute Gasteiger partial charge is 0.125 e. The Labute approximate surface area is 237 Å². The molecule has 0 amide bonds. The first-order chi connectivity index (χ1) is 16.3. The fourth-order valence-electron chi connectivity index (χ4n) is 2.36. The number of halogens is 2. The molecule has 2 atom stereocenters. The van der Waals surface area contributed by atoms with Crippen molar-refractivity contribution in [3.63, 3.8) is 0 Å². The summed E-state index contributed by atoms with van der Waals surface area (Å²) in [7, 11) is 4.19. The Morgan fingerprint density at radius 3 is 1.58 bits per heavy atom. The van der Waals surface area contributed by atoms with E-state index >= 15 is 0 Å². The molecule has 0 aromatic heterocycles. The van der Waals surface area contributed by atoms with E-state index in [1.807, 2.05) is 6.92 Å². The molecule has 208 valence electrons. The first kappa shape index (κ1) is 41.3. The van der Waals surface area contributed by atoms with E-state index in [0.29, 0.717) is 18.9 Å². The van der Waals surface area contributed by atoms with Gasteiger partial charge in [0.1, 0.15) is 12.0 Å². The second-order valence-corrected chi connectivity index (χ2v) is 7.64. The number of rotatable bonds is 6. The van der Waals surface area contributed by atoms with Crippen molar-refractivity contribution in [2.24, 2.45) is 0 Å². The van der Waals surface area contributed by atoms with Gasteiger partial charge in [0.15, 0.2) is 0 Å². The summed E-state index contributed by atoms with van der Waals surface area (Å²) in [4.78, 5) is 13.4. The zero-order valence-corrected chi connectivity index (χ0v) is 24.8. The molecule has 2 unspecified atom stereocenters. The van der Waals surface area contributed by atoms with Crippen molar-refractivity contribution in [3.05, 3.63) is 24.8 Å². The topological polar surface area (TPSA) is 40.7 Å². The van der Waals surface area contributed by atoms with E-state index in [4.69, 9.17) is 11.6 Å². The van der Waals surface area contributed by atoms with Gasteiger partial charge in [-0.25, -0.2) is 4.89 Å². The van der Waals surface area contributed by atoms with Crippen molar-refractivity contribution < 1.29 is 26.7 Å². The van der Waals surface area contributed by atoms with Gasteiger partial charge in [0.2, 0.25) is 0 Å². The molecule has 0 aromatic rings. The van der Waals surface area contributed by atoms with E-state index in [0.717, 1.165) is 31.0 Å². The van der Waals surface area contributed by atoms with Crippen LogP contribution in [0.5, 0.6) is 0 Å². The molecule has 2 rings (SSSR count). The van der Waals surface area contributed by atoms with Crippen LogP contribution >= 0.6 is 23.6 Å². The van der Waals surface area contributed by atoms with Gasteiger partial charge in [0.05, 0.1) is 18.9 Å². The lowest BCUT2D eigenvalue weighted by atomic mass is 10.5. The highest BCUT2D eigenvalue weighted by Gasteiger charge is 2.16. The van der Waals surface area contributed by atoms with Gasteiger partial charge in [-0.1, -0.05) is 25.3 Å². The summed E-state index contributed by atoms with van der Waals surface area (Å²) >= 11 is 5.79. The molecule has 2 aliphatic heterocycles. The molecule has 0 saturated carbocycles. The van der Waals surface area contributed by atoms with Crippen LogP contribution in [0.1, 0.15) is 55.9 Å². The monoisotopic (exact) mass is 563 g/mol. The number of nitrogens with zero attached hydrogens (tertiary/aromatic N) is 4. The molecule has 0 aromatic carbocycles. The van der Waals surface area contributed by atoms with Crippen molar-refractivity contribution >= 4 is 23.6 Å². The molecule has 2 aliphatic rings. The third-order valence-corrected chi connectivity index (χ3v) is 4.80. The van der Waals surface area contributed by atoms with Crippen molar-refractivity contribution in [3.8, 4) is 34.9 Å². The average molecular weight is 565 g/mol. The minimum absolute atomic E-state index is 0. The molecule has 10 heteroatoms. The van der Waals surface area contributed by atoms with Gasteiger partial charge in [-0.3, -0.25) is 0 Å². The lowest BCUT2D eigenvalue weighted by Gasteiger charge is -2.25. The van der Waals surface area contributed by atoms with Crippen molar-refractivity contribution in [1.29, 1.82) is 0 Å². The van der Waals surface area contributed by atoms with Gasteiger partial charge in [-0.15, -0.1) is 15.9 Å². The summed E-state index contributed by atoms with van der Waals surface area (Å²) < 4.78 is 4.40. The molecule has 0 spiro atoms. The summed E-state index contributed by atoms with van der Waals surface area (Å²) in [6.45, 7) is 16.7. The molecular formula is C26H45Cl2N4O3S-. The van der Waals surface area contributed by atoms with Gasteiger partial charge in [-0.05, 0) is 59.3 Å². The number of hydrogen-bond donors (Lipinski definition) is 0. The van der Waals surface area contributed by atoms with E-state index < -0.39 is 0 Å². The Hall–Kier alpha value is -1.83. The summed E-state index contributed by atoms with van der Waals surface area (Å²) in [6.07, 6.45) is 9.57. The Morgan fingerprint density at radius 2 is 1.28 bits per heavy atom. The van der Waals surface area contributed by atoms with Crippen LogP contribution in [-0.2, 0) is 14.3 Å². The third-order valence-electron chi connectivity index (χ3n) is 4.49. The lowest BCUT2D eigenvalue weighted by Crippen LogP contribution is -3.00. The fourth-order valence-corrected chi connectivity index (χ4v) is 2.55. The highest BCUT2D eigenvalue weighted by atomic mass is 35.5. The Bertz CT molecular complexity index is 721. The fraction of sp³-hybridized carbons (Fsp3) is 0.615. The van der Waals surface area contributed by atoms with Gasteiger partial charge in [0.25, 0.3) is 0 Å². The van der Waals surface area contributed by atoms with Crippen LogP contribution in [0.2, 0.25) is 0 Å². The Kier molecular flexibility index (Phi) is 33.7. The molecule has 2 heterocycles. The van der Waals surface area contributed by atoms with Crippen LogP contribution in [-0.4, -0.2) is 71.6 Å². The Balaban J connectivity index is -0.000000200. The standard InChI is InChI=1S/C9H8O3S.2C7H14N2.C2H5Cl.CH4.ClH/c1-3-5-6-7-8-9-13-12-11-10-4-2;2*1-4-9-6-5-8(3)7(9)2;1-2-3;;/h4H2,1-2H3;2*5-7H,4H2,1-3H3;2H2,1H3;1H4;1H/p-1. The van der Waals surface area contributed by atoms with Crippen LogP contribution in [0.4, 0.5) is 0 Å². The van der Waals surface area contributed by atoms with E-state index in [1.54, 1.807) is 13.8 Å². The van der Waals surface area contributed by atoms with Crippen LogP contribution in [0.25, 0.3) is 0 Å². The van der Waals surface area contributed by atoms with Crippen LogP contribution < -0.4 is 12.4 Å². The minimum atomic E-state index is 0. The van der Waals surface area contributed by atoms with Crippen LogP contribution in [0.15, 0.2) is 24.8 Å². The van der Waals surface area contributed by atoms with Crippen molar-refractivity contribution in [1.82, 2.24) is 19.6 Å². The first-order valence-corrected chi connectivity index (χ1v) is 12.5. The zero-order chi connectivity index (χ0) is 26.2. The summed E-state index contributed by atoms with van der Waals surface area (Å²) in [6, 6.07) is 0. The van der Waals surface area contributed by atoms with E-state index in [-0.39, 0.29) is 19.8 Å². The number of alkyl halides is 1. The SMILES string of the molecule is C.CC#CC#CC#CSOOOCC.CCCl.CCN1C=CN(C)C1C.CCN1C=CN(C)C1C.[Cl-]. The maximum atomic E-state index is 5.00. The highest BCUT2D eigenvalue weighted by Crippen LogP contribution is 2.11. The first-order valence-electron chi connectivity index (χ1n) is 11.3. The predicted octanol–water partition coefficient (Wildman–Crippen LogP) is 2.55. The lowest BCUT2D eigenvalue weighted by molar-refractivity contribution is -0.458. The van der Waals surface area contributed by atoms with Gasteiger partial charge < -0.3 is 32.0 Å². The molecule has 0 N–H and O–H groups in total. The normalized spacial score (nSPS) is 15.9. The minimum Gasteiger partial charge on any atom is -1.00 e. The van der Waals surface area contributed by atoms with Crippen molar-refractivity contribution in [2.45, 2.75) is 68.2 Å².